The second-order valence-electron chi connectivity index (χ2n) is 6.70. The normalized spacial score (nSPS) is 11.4. The van der Waals surface area contributed by atoms with Crippen LogP contribution in [-0.2, 0) is 0 Å². The third kappa shape index (κ3) is 4.42. The molecule has 0 aliphatic carbocycles. The fourth-order valence-electron chi connectivity index (χ4n) is 3.15. The molecule has 154 valence electrons. The molecule has 0 atom stereocenters. The van der Waals surface area contributed by atoms with Gasteiger partial charge in [0.25, 0.3) is 5.56 Å². The van der Waals surface area contributed by atoms with Gasteiger partial charge in [-0.25, -0.2) is 20.1 Å². The Labute approximate surface area is 178 Å². The van der Waals surface area contributed by atoms with Crippen molar-refractivity contribution in [1.82, 2.24) is 35.0 Å². The number of hydrogen-bond acceptors (Lipinski definition) is 7. The topological polar surface area (TPSA) is 103 Å². The van der Waals surface area contributed by atoms with Crippen molar-refractivity contribution in [2.75, 3.05) is 25.4 Å². The number of aromatic nitrogens is 6. The molecule has 4 aromatic rings. The first kappa shape index (κ1) is 20.2. The van der Waals surface area contributed by atoms with Crippen LogP contribution in [0.25, 0.3) is 33.8 Å². The predicted octanol–water partition coefficient (Wildman–Crippen LogP) is 3.20. The van der Waals surface area contributed by atoms with Crippen molar-refractivity contribution in [3.8, 4) is 22.8 Å². The maximum Gasteiger partial charge on any atom is 0.275 e. The maximum absolute atomic E-state index is 12.4. The quantitative estimate of drug-likeness (QED) is 0.333. The summed E-state index contributed by atoms with van der Waals surface area (Å²) in [4.78, 5) is 31.4. The number of para-hydroxylation sites is 2. The molecule has 0 spiro atoms. The number of benzene rings is 1. The van der Waals surface area contributed by atoms with Crippen molar-refractivity contribution in [3.05, 3.63) is 52.9 Å². The fourth-order valence-corrected chi connectivity index (χ4v) is 3.98. The van der Waals surface area contributed by atoms with Crippen LogP contribution in [-0.4, -0.2) is 60.4 Å². The van der Waals surface area contributed by atoms with Crippen molar-refractivity contribution < 1.29 is 0 Å². The highest BCUT2D eigenvalue weighted by atomic mass is 32.2. The van der Waals surface area contributed by atoms with Crippen LogP contribution in [0.3, 0.4) is 0 Å². The monoisotopic (exact) mass is 421 g/mol. The number of aromatic amines is 2. The van der Waals surface area contributed by atoms with Gasteiger partial charge >= 0.3 is 0 Å². The second-order valence-corrected chi connectivity index (χ2v) is 7.76. The molecule has 4 rings (SSSR count). The van der Waals surface area contributed by atoms with Crippen LogP contribution >= 0.6 is 11.8 Å². The second kappa shape index (κ2) is 9.19. The Bertz CT molecular complexity index is 1170. The smallest absolute Gasteiger partial charge is 0.275 e. The van der Waals surface area contributed by atoms with Gasteiger partial charge in [0.2, 0.25) is 0 Å². The van der Waals surface area contributed by atoms with E-state index in [0.717, 1.165) is 36.4 Å². The number of H-pyrrole nitrogens is 2. The molecule has 0 aliphatic rings. The Hall–Kier alpha value is -3.04. The summed E-state index contributed by atoms with van der Waals surface area (Å²) in [6.07, 6.45) is 1.72. The molecule has 9 heteroatoms. The standard InChI is InChI=1S/C21H23N7OS/c1-3-28(4-2)11-12-30-21-22-10-9-17(25-21)18-13-14(20(29)27-26-18)19-23-15-7-5-6-8-16(15)24-19/h5-10,13H,3-4,11-12H2,1-2H3,(H,23,24)(H,27,29). The zero-order chi connectivity index (χ0) is 20.9. The average molecular weight is 422 g/mol. The molecule has 0 radical (unpaired) electrons. The van der Waals surface area contributed by atoms with Gasteiger partial charge in [-0.1, -0.05) is 37.7 Å². The van der Waals surface area contributed by atoms with Crippen molar-refractivity contribution in [3.63, 3.8) is 0 Å². The number of nitrogens with zero attached hydrogens (tertiary/aromatic N) is 5. The lowest BCUT2D eigenvalue weighted by atomic mass is 10.2. The zero-order valence-corrected chi connectivity index (χ0v) is 17.7. The summed E-state index contributed by atoms with van der Waals surface area (Å²) >= 11 is 1.61. The van der Waals surface area contributed by atoms with E-state index in [4.69, 9.17) is 0 Å². The minimum Gasteiger partial charge on any atom is -0.338 e. The van der Waals surface area contributed by atoms with Crippen LogP contribution in [0.4, 0.5) is 0 Å². The maximum atomic E-state index is 12.4. The molecular weight excluding hydrogens is 398 g/mol. The number of thioether (sulfide) groups is 1. The van der Waals surface area contributed by atoms with E-state index in [1.807, 2.05) is 24.3 Å². The fraction of sp³-hybridized carbons (Fsp3) is 0.286. The van der Waals surface area contributed by atoms with Crippen LogP contribution in [0, 0.1) is 0 Å². The largest absolute Gasteiger partial charge is 0.338 e. The van der Waals surface area contributed by atoms with E-state index >= 15 is 0 Å². The van der Waals surface area contributed by atoms with Gasteiger partial charge in [0.05, 0.1) is 22.3 Å². The van der Waals surface area contributed by atoms with Crippen molar-refractivity contribution in [1.29, 1.82) is 0 Å². The predicted molar refractivity (Wildman–Crippen MR) is 119 cm³/mol. The van der Waals surface area contributed by atoms with Crippen LogP contribution in [0.5, 0.6) is 0 Å². The molecule has 8 nitrogen and oxygen atoms in total. The first-order chi connectivity index (χ1) is 14.7. The van der Waals surface area contributed by atoms with Gasteiger partial charge in [0.1, 0.15) is 11.5 Å². The zero-order valence-electron chi connectivity index (χ0n) is 16.9. The summed E-state index contributed by atoms with van der Waals surface area (Å²) in [6.45, 7) is 7.37. The van der Waals surface area contributed by atoms with Crippen LogP contribution in [0.2, 0.25) is 0 Å². The summed E-state index contributed by atoms with van der Waals surface area (Å²) in [6, 6.07) is 11.2. The highest BCUT2D eigenvalue weighted by Gasteiger charge is 2.13. The summed E-state index contributed by atoms with van der Waals surface area (Å²) < 4.78 is 0. The number of imidazole rings is 1. The summed E-state index contributed by atoms with van der Waals surface area (Å²) in [5, 5.41) is 7.43. The van der Waals surface area contributed by atoms with Gasteiger partial charge in [0.15, 0.2) is 5.16 Å². The van der Waals surface area contributed by atoms with Crippen molar-refractivity contribution >= 4 is 22.8 Å². The molecule has 0 amide bonds. The molecule has 3 heterocycles. The molecule has 0 unspecified atom stereocenters. The van der Waals surface area contributed by atoms with Gasteiger partial charge < -0.3 is 9.88 Å². The summed E-state index contributed by atoms with van der Waals surface area (Å²) in [5.74, 6) is 1.41. The Balaban J connectivity index is 1.59. The molecule has 0 saturated carbocycles. The highest BCUT2D eigenvalue weighted by Crippen LogP contribution is 2.22. The molecule has 2 N–H and O–H groups in total. The number of fused-ring (bicyclic) bond motifs is 1. The number of nitrogens with one attached hydrogen (secondary N) is 2. The van der Waals surface area contributed by atoms with Gasteiger partial charge in [-0.05, 0) is 37.4 Å². The van der Waals surface area contributed by atoms with E-state index in [1.165, 1.54) is 0 Å². The Morgan fingerprint density at radius 1 is 1.07 bits per heavy atom. The van der Waals surface area contributed by atoms with E-state index in [0.29, 0.717) is 27.9 Å². The van der Waals surface area contributed by atoms with Crippen LogP contribution < -0.4 is 5.56 Å². The van der Waals surface area contributed by atoms with Crippen molar-refractivity contribution in [2.45, 2.75) is 19.0 Å². The average Bonchev–Trinajstić information content (AvgIpc) is 3.21. The van der Waals surface area contributed by atoms with Gasteiger partial charge in [0, 0.05) is 18.5 Å². The molecular formula is C21H23N7OS. The van der Waals surface area contributed by atoms with E-state index < -0.39 is 0 Å². The molecule has 1 aromatic carbocycles. The van der Waals surface area contributed by atoms with Gasteiger partial charge in [-0.3, -0.25) is 4.79 Å². The first-order valence-corrected chi connectivity index (χ1v) is 10.9. The first-order valence-electron chi connectivity index (χ1n) is 9.91. The lowest BCUT2D eigenvalue weighted by Crippen LogP contribution is -2.25. The molecule has 30 heavy (non-hydrogen) atoms. The lowest BCUT2D eigenvalue weighted by molar-refractivity contribution is 0.324. The highest BCUT2D eigenvalue weighted by molar-refractivity contribution is 7.99. The molecule has 0 bridgehead atoms. The van der Waals surface area contributed by atoms with E-state index in [2.05, 4.69) is 48.9 Å². The van der Waals surface area contributed by atoms with E-state index in [9.17, 15) is 4.79 Å². The van der Waals surface area contributed by atoms with Crippen molar-refractivity contribution in [2.24, 2.45) is 0 Å². The summed E-state index contributed by atoms with van der Waals surface area (Å²) in [5.41, 5.74) is 3.02. The Morgan fingerprint density at radius 2 is 1.90 bits per heavy atom. The number of hydrogen-bond donors (Lipinski definition) is 2. The molecule has 0 fully saturated rings. The van der Waals surface area contributed by atoms with Gasteiger partial charge in [-0.15, -0.1) is 0 Å². The molecule has 0 aliphatic heterocycles. The van der Waals surface area contributed by atoms with Crippen LogP contribution in [0.15, 0.2) is 52.5 Å². The molecule has 3 aromatic heterocycles. The minimum absolute atomic E-state index is 0.305. The number of rotatable bonds is 8. The van der Waals surface area contributed by atoms with E-state index in [-0.39, 0.29) is 5.56 Å². The third-order valence-electron chi connectivity index (χ3n) is 4.88. The summed E-state index contributed by atoms with van der Waals surface area (Å²) in [7, 11) is 0. The lowest BCUT2D eigenvalue weighted by Gasteiger charge is -2.16. The minimum atomic E-state index is -0.305. The van der Waals surface area contributed by atoms with Crippen LogP contribution in [0.1, 0.15) is 13.8 Å². The Morgan fingerprint density at radius 3 is 2.70 bits per heavy atom. The Kier molecular flexibility index (Phi) is 6.20. The van der Waals surface area contributed by atoms with E-state index in [1.54, 1.807) is 30.1 Å². The molecule has 0 saturated heterocycles. The van der Waals surface area contributed by atoms with Gasteiger partial charge in [-0.2, -0.15) is 5.10 Å². The third-order valence-corrected chi connectivity index (χ3v) is 5.72. The SMILES string of the molecule is CCN(CC)CCSc1nccc(-c2cc(-c3nc4ccccc4[nH]3)c(=O)[nH]n2)n1.